The van der Waals surface area contributed by atoms with Gasteiger partial charge < -0.3 is 10.1 Å². The van der Waals surface area contributed by atoms with Crippen molar-refractivity contribution in [2.24, 2.45) is 29.6 Å². The summed E-state index contributed by atoms with van der Waals surface area (Å²) < 4.78 is 5.23. The SMILES string of the molecule is Cc1ccc(NC(=O)COC(=O)[C@@H](C(C)C)N2C(=O)[C@H]3[C@@H]4CC[C@@H](C4)[C@@H]3C2=O)cc1. The van der Waals surface area contributed by atoms with E-state index in [1.807, 2.05) is 19.1 Å². The van der Waals surface area contributed by atoms with Crippen LogP contribution in [0.2, 0.25) is 0 Å². The van der Waals surface area contributed by atoms with Crippen molar-refractivity contribution in [2.75, 3.05) is 11.9 Å². The lowest BCUT2D eigenvalue weighted by Gasteiger charge is -2.28. The van der Waals surface area contributed by atoms with Crippen LogP contribution in [0.5, 0.6) is 0 Å². The molecule has 7 heteroatoms. The molecule has 0 radical (unpaired) electrons. The van der Waals surface area contributed by atoms with E-state index in [-0.39, 0.29) is 41.4 Å². The third kappa shape index (κ3) is 3.50. The van der Waals surface area contributed by atoms with Crippen molar-refractivity contribution in [3.63, 3.8) is 0 Å². The Hall–Kier alpha value is -2.70. The van der Waals surface area contributed by atoms with Crippen LogP contribution in [0.4, 0.5) is 5.69 Å². The van der Waals surface area contributed by atoms with Crippen molar-refractivity contribution in [3.05, 3.63) is 29.8 Å². The monoisotopic (exact) mass is 412 g/mol. The van der Waals surface area contributed by atoms with Gasteiger partial charge in [0.15, 0.2) is 6.61 Å². The van der Waals surface area contributed by atoms with Crippen molar-refractivity contribution in [1.29, 1.82) is 0 Å². The zero-order valence-corrected chi connectivity index (χ0v) is 17.6. The summed E-state index contributed by atoms with van der Waals surface area (Å²) in [6.45, 7) is 5.04. The lowest BCUT2D eigenvalue weighted by Crippen LogP contribution is -2.50. The number of nitrogens with one attached hydrogen (secondary N) is 1. The molecule has 2 bridgehead atoms. The lowest BCUT2D eigenvalue weighted by molar-refractivity contribution is -0.162. The van der Waals surface area contributed by atoms with Gasteiger partial charge in [-0.25, -0.2) is 4.79 Å². The van der Waals surface area contributed by atoms with Crippen molar-refractivity contribution in [1.82, 2.24) is 4.90 Å². The summed E-state index contributed by atoms with van der Waals surface area (Å²) in [4.78, 5) is 52.2. The predicted octanol–water partition coefficient (Wildman–Crippen LogP) is 2.53. The van der Waals surface area contributed by atoms with Crippen molar-refractivity contribution >= 4 is 29.4 Å². The van der Waals surface area contributed by atoms with Gasteiger partial charge in [0.05, 0.1) is 11.8 Å². The number of carbonyl (C=O) groups excluding carboxylic acids is 4. The highest BCUT2D eigenvalue weighted by Crippen LogP contribution is 2.56. The number of imide groups is 1. The number of anilines is 1. The smallest absolute Gasteiger partial charge is 0.330 e. The number of fused-ring (bicyclic) bond motifs is 5. The van der Waals surface area contributed by atoms with Gasteiger partial charge in [-0.05, 0) is 56.1 Å². The average molecular weight is 412 g/mol. The molecule has 0 unspecified atom stereocenters. The van der Waals surface area contributed by atoms with Crippen LogP contribution in [0.1, 0.15) is 38.7 Å². The second-order valence-corrected chi connectivity index (χ2v) is 9.14. The molecule has 1 saturated heterocycles. The number of aryl methyl sites for hydroxylation is 1. The molecule has 7 nitrogen and oxygen atoms in total. The van der Waals surface area contributed by atoms with Gasteiger partial charge in [0, 0.05) is 5.69 Å². The summed E-state index contributed by atoms with van der Waals surface area (Å²) >= 11 is 0. The number of ether oxygens (including phenoxy) is 1. The summed E-state index contributed by atoms with van der Waals surface area (Å²) in [5.74, 6) is -2.01. The number of amides is 3. The van der Waals surface area contributed by atoms with Crippen LogP contribution >= 0.6 is 0 Å². The van der Waals surface area contributed by atoms with E-state index in [1.165, 1.54) is 0 Å². The van der Waals surface area contributed by atoms with E-state index >= 15 is 0 Å². The number of carbonyl (C=O) groups is 4. The highest BCUT2D eigenvalue weighted by molar-refractivity contribution is 6.08. The Kier molecular flexibility index (Phi) is 5.38. The predicted molar refractivity (Wildman–Crippen MR) is 109 cm³/mol. The van der Waals surface area contributed by atoms with Crippen LogP contribution in [0.25, 0.3) is 0 Å². The molecule has 0 aromatic heterocycles. The second-order valence-electron chi connectivity index (χ2n) is 9.14. The standard InChI is InChI=1S/C23H28N2O5/c1-12(2)20(23(29)30-11-17(26)24-16-8-4-13(3)5-9-16)25-21(27)18-14-6-7-15(10-14)19(18)22(25)28/h4-5,8-9,12,14-15,18-20H,6-7,10-11H2,1-3H3,(H,24,26)/t14-,15+,18-,19-,20+/m0/s1. The number of likely N-dealkylation sites (tertiary alicyclic amines) is 1. The molecule has 3 aliphatic rings. The number of hydrogen-bond acceptors (Lipinski definition) is 5. The minimum Gasteiger partial charge on any atom is -0.454 e. The van der Waals surface area contributed by atoms with Crippen LogP contribution in [0.15, 0.2) is 24.3 Å². The molecule has 3 fully saturated rings. The fourth-order valence-electron chi connectivity index (χ4n) is 5.44. The Morgan fingerprint density at radius 3 is 2.17 bits per heavy atom. The van der Waals surface area contributed by atoms with Gasteiger partial charge >= 0.3 is 5.97 Å². The third-order valence-corrected chi connectivity index (χ3v) is 6.79. The van der Waals surface area contributed by atoms with Crippen LogP contribution in [-0.2, 0) is 23.9 Å². The maximum atomic E-state index is 13.1. The molecule has 1 aromatic carbocycles. The normalized spacial score (nSPS) is 28.1. The molecular weight excluding hydrogens is 384 g/mol. The fourth-order valence-corrected chi connectivity index (χ4v) is 5.44. The van der Waals surface area contributed by atoms with E-state index < -0.39 is 24.5 Å². The Morgan fingerprint density at radius 1 is 1.07 bits per heavy atom. The Balaban J connectivity index is 1.41. The van der Waals surface area contributed by atoms with Crippen LogP contribution in [0.3, 0.4) is 0 Å². The maximum absolute atomic E-state index is 13.1. The molecular formula is C23H28N2O5. The Bertz CT molecular complexity index is 850. The summed E-state index contributed by atoms with van der Waals surface area (Å²) in [5.41, 5.74) is 1.67. The van der Waals surface area contributed by atoms with Gasteiger partial charge in [-0.2, -0.15) is 0 Å². The number of nitrogens with zero attached hydrogens (tertiary/aromatic N) is 1. The van der Waals surface area contributed by atoms with E-state index in [1.54, 1.807) is 26.0 Å². The molecule has 1 aliphatic heterocycles. The topological polar surface area (TPSA) is 92.8 Å². The zero-order valence-electron chi connectivity index (χ0n) is 17.6. The van der Waals surface area contributed by atoms with Crippen molar-refractivity contribution in [2.45, 2.75) is 46.1 Å². The average Bonchev–Trinajstić information content (AvgIpc) is 3.38. The van der Waals surface area contributed by atoms with Gasteiger partial charge in [0.1, 0.15) is 6.04 Å². The highest BCUT2D eigenvalue weighted by Gasteiger charge is 2.62. The number of benzene rings is 1. The highest BCUT2D eigenvalue weighted by atomic mass is 16.5. The molecule has 1 N–H and O–H groups in total. The summed E-state index contributed by atoms with van der Waals surface area (Å²) in [5, 5.41) is 2.67. The Morgan fingerprint density at radius 2 is 1.63 bits per heavy atom. The molecule has 2 saturated carbocycles. The lowest BCUT2D eigenvalue weighted by atomic mass is 9.81. The van der Waals surface area contributed by atoms with Gasteiger partial charge in [-0.3, -0.25) is 19.3 Å². The minimum atomic E-state index is -0.998. The minimum absolute atomic E-state index is 0.239. The van der Waals surface area contributed by atoms with Crippen LogP contribution < -0.4 is 5.32 Å². The molecule has 160 valence electrons. The molecule has 1 heterocycles. The van der Waals surface area contributed by atoms with Gasteiger partial charge in [-0.1, -0.05) is 31.5 Å². The Labute approximate surface area is 176 Å². The van der Waals surface area contributed by atoms with Crippen LogP contribution in [0, 0.1) is 36.5 Å². The largest absolute Gasteiger partial charge is 0.454 e. The summed E-state index contributed by atoms with van der Waals surface area (Å²) in [7, 11) is 0. The molecule has 2 aliphatic carbocycles. The second kappa shape index (κ2) is 7.85. The molecule has 3 amide bonds. The molecule has 4 rings (SSSR count). The molecule has 1 aromatic rings. The van der Waals surface area contributed by atoms with E-state index in [0.29, 0.717) is 5.69 Å². The van der Waals surface area contributed by atoms with E-state index in [9.17, 15) is 19.2 Å². The first kappa shape index (κ1) is 20.6. The zero-order chi connectivity index (χ0) is 21.6. The maximum Gasteiger partial charge on any atom is 0.330 e. The first-order valence-corrected chi connectivity index (χ1v) is 10.7. The first-order chi connectivity index (χ1) is 14.3. The number of esters is 1. The summed E-state index contributed by atoms with van der Waals surface area (Å²) in [6.07, 6.45) is 2.90. The number of hydrogen-bond donors (Lipinski definition) is 1. The third-order valence-electron chi connectivity index (χ3n) is 6.79. The van der Waals surface area contributed by atoms with E-state index in [2.05, 4.69) is 5.32 Å². The first-order valence-electron chi connectivity index (χ1n) is 10.7. The van der Waals surface area contributed by atoms with Crippen molar-refractivity contribution < 1.29 is 23.9 Å². The van der Waals surface area contributed by atoms with Gasteiger partial charge in [0.25, 0.3) is 5.91 Å². The van der Waals surface area contributed by atoms with E-state index in [4.69, 9.17) is 4.74 Å². The van der Waals surface area contributed by atoms with Gasteiger partial charge in [0.2, 0.25) is 11.8 Å². The molecule has 0 spiro atoms. The summed E-state index contributed by atoms with van der Waals surface area (Å²) in [6, 6.07) is 6.26. The van der Waals surface area contributed by atoms with E-state index in [0.717, 1.165) is 29.7 Å². The quantitative estimate of drug-likeness (QED) is 0.573. The molecule has 30 heavy (non-hydrogen) atoms. The van der Waals surface area contributed by atoms with Crippen molar-refractivity contribution in [3.8, 4) is 0 Å². The molecule has 5 atom stereocenters. The fraction of sp³-hybridized carbons (Fsp3) is 0.565. The number of rotatable bonds is 6. The van der Waals surface area contributed by atoms with Gasteiger partial charge in [-0.15, -0.1) is 0 Å². The van der Waals surface area contributed by atoms with Crippen LogP contribution in [-0.4, -0.2) is 41.2 Å².